The van der Waals surface area contributed by atoms with Crippen molar-refractivity contribution in [1.29, 1.82) is 0 Å². The first-order valence-corrected chi connectivity index (χ1v) is 9.59. The van der Waals surface area contributed by atoms with E-state index >= 15 is 0 Å². The van der Waals surface area contributed by atoms with Crippen molar-refractivity contribution in [3.63, 3.8) is 0 Å². The standard InChI is InChI=1S/C16H24N2O5S/c1-16(2,3)23-15(19)18-8-7-11(10-18)22-14-6-5-12(9-13(14)17)24(4,20)21/h5-6,9,11H,7-8,10,17H2,1-4H3. The minimum Gasteiger partial charge on any atom is -0.486 e. The van der Waals surface area contributed by atoms with Gasteiger partial charge in [0.15, 0.2) is 9.84 Å². The molecule has 7 nitrogen and oxygen atoms in total. The van der Waals surface area contributed by atoms with Crippen molar-refractivity contribution in [1.82, 2.24) is 4.90 Å². The molecule has 1 aromatic rings. The third-order valence-corrected chi connectivity index (χ3v) is 4.61. The molecule has 1 atom stereocenters. The van der Waals surface area contributed by atoms with E-state index in [-0.39, 0.29) is 22.8 Å². The Kier molecular flexibility index (Phi) is 4.98. The maximum Gasteiger partial charge on any atom is 0.410 e. The normalized spacial score (nSPS) is 18.5. The van der Waals surface area contributed by atoms with Gasteiger partial charge in [-0.25, -0.2) is 13.2 Å². The number of anilines is 1. The molecule has 1 unspecified atom stereocenters. The molecule has 0 aliphatic carbocycles. The molecule has 1 saturated heterocycles. The molecule has 0 aromatic heterocycles. The molecule has 8 heteroatoms. The molecule has 0 saturated carbocycles. The number of likely N-dealkylation sites (tertiary alicyclic amines) is 1. The van der Waals surface area contributed by atoms with E-state index in [1.807, 2.05) is 20.8 Å². The van der Waals surface area contributed by atoms with E-state index < -0.39 is 15.4 Å². The summed E-state index contributed by atoms with van der Waals surface area (Å²) in [5.41, 5.74) is 5.60. The second-order valence-electron chi connectivity index (χ2n) is 6.93. The predicted octanol–water partition coefficient (Wildman–Crippen LogP) is 2.06. The zero-order chi connectivity index (χ0) is 18.1. The lowest BCUT2D eigenvalue weighted by atomic mass is 10.2. The number of benzene rings is 1. The van der Waals surface area contributed by atoms with Crippen LogP contribution in [0.3, 0.4) is 0 Å². The van der Waals surface area contributed by atoms with Crippen LogP contribution in [0, 0.1) is 0 Å². The summed E-state index contributed by atoms with van der Waals surface area (Å²) in [6.07, 6.45) is 1.21. The third-order valence-electron chi connectivity index (χ3n) is 3.50. The third kappa shape index (κ3) is 4.77. The molecule has 0 radical (unpaired) electrons. The van der Waals surface area contributed by atoms with Crippen LogP contribution < -0.4 is 10.5 Å². The lowest BCUT2D eigenvalue weighted by Gasteiger charge is -2.24. The maximum atomic E-state index is 12.0. The van der Waals surface area contributed by atoms with Crippen LogP contribution in [-0.4, -0.2) is 50.5 Å². The molecule has 0 spiro atoms. The first-order valence-electron chi connectivity index (χ1n) is 7.70. The van der Waals surface area contributed by atoms with E-state index in [0.717, 1.165) is 6.26 Å². The Bertz CT molecular complexity index is 724. The highest BCUT2D eigenvalue weighted by Gasteiger charge is 2.31. The van der Waals surface area contributed by atoms with E-state index in [0.29, 0.717) is 25.3 Å². The molecule has 1 aliphatic heterocycles. The number of nitrogens with two attached hydrogens (primary N) is 1. The van der Waals surface area contributed by atoms with E-state index in [1.54, 1.807) is 11.0 Å². The second-order valence-corrected chi connectivity index (χ2v) is 8.94. The van der Waals surface area contributed by atoms with Crippen molar-refractivity contribution >= 4 is 21.6 Å². The fraction of sp³-hybridized carbons (Fsp3) is 0.562. The first-order chi connectivity index (χ1) is 11.0. The Labute approximate surface area is 142 Å². The van der Waals surface area contributed by atoms with Gasteiger partial charge in [0.2, 0.25) is 0 Å². The van der Waals surface area contributed by atoms with E-state index in [4.69, 9.17) is 15.2 Å². The van der Waals surface area contributed by atoms with Gasteiger partial charge in [0.1, 0.15) is 17.5 Å². The summed E-state index contributed by atoms with van der Waals surface area (Å²) in [6.45, 7) is 6.40. The van der Waals surface area contributed by atoms with Crippen molar-refractivity contribution in [2.75, 3.05) is 25.1 Å². The number of amides is 1. The van der Waals surface area contributed by atoms with Gasteiger partial charge in [0.05, 0.1) is 17.1 Å². The Hall–Kier alpha value is -1.96. The second kappa shape index (κ2) is 6.51. The van der Waals surface area contributed by atoms with Gasteiger partial charge in [0.25, 0.3) is 0 Å². The molecule has 1 fully saturated rings. The van der Waals surface area contributed by atoms with Gasteiger partial charge in [-0.05, 0) is 39.0 Å². The highest BCUT2D eigenvalue weighted by atomic mass is 32.2. The van der Waals surface area contributed by atoms with Crippen molar-refractivity contribution in [2.45, 2.75) is 43.8 Å². The smallest absolute Gasteiger partial charge is 0.410 e. The fourth-order valence-corrected chi connectivity index (χ4v) is 3.02. The van der Waals surface area contributed by atoms with Crippen LogP contribution in [-0.2, 0) is 14.6 Å². The van der Waals surface area contributed by atoms with Gasteiger partial charge in [-0.1, -0.05) is 0 Å². The van der Waals surface area contributed by atoms with Gasteiger partial charge in [-0.2, -0.15) is 0 Å². The molecule has 1 amide bonds. The lowest BCUT2D eigenvalue weighted by molar-refractivity contribution is 0.0276. The topological polar surface area (TPSA) is 98.9 Å². The Morgan fingerprint density at radius 1 is 1.33 bits per heavy atom. The number of sulfone groups is 1. The Balaban J connectivity index is 2.00. The minimum atomic E-state index is -3.31. The highest BCUT2D eigenvalue weighted by Crippen LogP contribution is 2.28. The fourth-order valence-electron chi connectivity index (χ4n) is 2.36. The monoisotopic (exact) mass is 356 g/mol. The van der Waals surface area contributed by atoms with Crippen LogP contribution in [0.15, 0.2) is 23.1 Å². The highest BCUT2D eigenvalue weighted by molar-refractivity contribution is 7.90. The number of rotatable bonds is 3. The van der Waals surface area contributed by atoms with E-state index in [1.165, 1.54) is 12.1 Å². The SMILES string of the molecule is CC(C)(C)OC(=O)N1CCC(Oc2ccc(S(C)(=O)=O)cc2N)C1. The van der Waals surface area contributed by atoms with E-state index in [2.05, 4.69) is 0 Å². The summed E-state index contributed by atoms with van der Waals surface area (Å²) in [5, 5.41) is 0. The Morgan fingerprint density at radius 2 is 2.00 bits per heavy atom. The van der Waals surface area contributed by atoms with Gasteiger partial charge < -0.3 is 20.1 Å². The molecular weight excluding hydrogens is 332 g/mol. The van der Waals surface area contributed by atoms with Crippen LogP contribution in [0.25, 0.3) is 0 Å². The number of carbonyl (C=O) groups excluding carboxylic acids is 1. The summed E-state index contributed by atoms with van der Waals surface area (Å²) in [7, 11) is -3.31. The van der Waals surface area contributed by atoms with Crippen LogP contribution in [0.1, 0.15) is 27.2 Å². The predicted molar refractivity (Wildman–Crippen MR) is 90.8 cm³/mol. The average molecular weight is 356 g/mol. The summed E-state index contributed by atoms with van der Waals surface area (Å²) >= 11 is 0. The van der Waals surface area contributed by atoms with Crippen molar-refractivity contribution in [3.05, 3.63) is 18.2 Å². The minimum absolute atomic E-state index is 0.147. The van der Waals surface area contributed by atoms with Gasteiger partial charge in [-0.3, -0.25) is 0 Å². The summed E-state index contributed by atoms with van der Waals surface area (Å²) in [4.78, 5) is 13.8. The summed E-state index contributed by atoms with van der Waals surface area (Å²) in [6, 6.07) is 4.38. The molecule has 24 heavy (non-hydrogen) atoms. The molecular formula is C16H24N2O5S. The van der Waals surface area contributed by atoms with Crippen molar-refractivity contribution in [2.24, 2.45) is 0 Å². The zero-order valence-corrected chi connectivity index (χ0v) is 15.2. The number of nitrogen functional groups attached to an aromatic ring is 1. The number of ether oxygens (including phenoxy) is 2. The van der Waals surface area contributed by atoms with Crippen molar-refractivity contribution < 1.29 is 22.7 Å². The molecule has 1 aromatic carbocycles. The molecule has 2 rings (SSSR count). The van der Waals surface area contributed by atoms with Crippen molar-refractivity contribution in [3.8, 4) is 5.75 Å². The van der Waals surface area contributed by atoms with Crippen LogP contribution >= 0.6 is 0 Å². The van der Waals surface area contributed by atoms with Gasteiger partial charge >= 0.3 is 6.09 Å². The lowest BCUT2D eigenvalue weighted by Crippen LogP contribution is -2.36. The van der Waals surface area contributed by atoms with Gasteiger partial charge in [-0.15, -0.1) is 0 Å². The molecule has 134 valence electrons. The van der Waals surface area contributed by atoms with Crippen LogP contribution in [0.2, 0.25) is 0 Å². The van der Waals surface area contributed by atoms with Crippen LogP contribution in [0.5, 0.6) is 5.75 Å². The first kappa shape index (κ1) is 18.4. The number of nitrogens with zero attached hydrogens (tertiary/aromatic N) is 1. The maximum absolute atomic E-state index is 12.0. The molecule has 0 bridgehead atoms. The summed E-state index contributed by atoms with van der Waals surface area (Å²) < 4.78 is 34.2. The van der Waals surface area contributed by atoms with Gasteiger partial charge in [0, 0.05) is 19.2 Å². The number of hydrogen-bond donors (Lipinski definition) is 1. The largest absolute Gasteiger partial charge is 0.486 e. The molecule has 1 heterocycles. The van der Waals surface area contributed by atoms with E-state index in [9.17, 15) is 13.2 Å². The molecule has 1 aliphatic rings. The van der Waals surface area contributed by atoms with Crippen LogP contribution in [0.4, 0.5) is 10.5 Å². The number of hydrogen-bond acceptors (Lipinski definition) is 6. The quantitative estimate of drug-likeness (QED) is 0.832. The molecule has 2 N–H and O–H groups in total. The zero-order valence-electron chi connectivity index (χ0n) is 14.4. The summed E-state index contributed by atoms with van der Waals surface area (Å²) in [5.74, 6) is 0.415. The average Bonchev–Trinajstić information content (AvgIpc) is 2.86. The number of carbonyl (C=O) groups is 1. The Morgan fingerprint density at radius 3 is 2.54 bits per heavy atom.